The fourth-order valence-corrected chi connectivity index (χ4v) is 3.34. The van der Waals surface area contributed by atoms with Crippen LogP contribution in [-0.4, -0.2) is 48.4 Å². The van der Waals surface area contributed by atoms with E-state index >= 15 is 0 Å². The van der Waals surface area contributed by atoms with Gasteiger partial charge in [0.1, 0.15) is 0 Å². The number of aliphatic hydroxyl groups is 1. The molecule has 0 unspecified atom stereocenters. The average Bonchev–Trinajstić information content (AvgIpc) is 2.91. The van der Waals surface area contributed by atoms with Crippen molar-refractivity contribution in [1.29, 1.82) is 0 Å². The number of ether oxygens (including phenoxy) is 2. The Balaban J connectivity index is 2.30. The molecule has 0 radical (unpaired) electrons. The molecule has 28 heavy (non-hydrogen) atoms. The molecule has 0 aliphatic carbocycles. The van der Waals surface area contributed by atoms with Gasteiger partial charge in [0.05, 0.1) is 25.8 Å². The maximum atomic E-state index is 12.6. The molecule has 0 bridgehead atoms. The van der Waals surface area contributed by atoms with Gasteiger partial charge < -0.3 is 29.4 Å². The molecule has 1 aromatic carbocycles. The van der Waals surface area contributed by atoms with Crippen LogP contribution in [0, 0.1) is 0 Å². The van der Waals surface area contributed by atoms with Gasteiger partial charge in [-0.15, -0.1) is 0 Å². The highest BCUT2D eigenvalue weighted by Crippen LogP contribution is 2.40. The van der Waals surface area contributed by atoms with Crippen LogP contribution in [0.15, 0.2) is 29.5 Å². The third-order valence-corrected chi connectivity index (χ3v) is 4.69. The molecule has 0 saturated carbocycles. The normalized spacial score (nSPS) is 16.5. The first kappa shape index (κ1) is 21.3. The van der Waals surface area contributed by atoms with E-state index in [0.29, 0.717) is 36.3 Å². The molecule has 1 aromatic rings. The molecule has 0 saturated heterocycles. The summed E-state index contributed by atoms with van der Waals surface area (Å²) in [6.07, 6.45) is 1.49. The maximum absolute atomic E-state index is 12.6. The number of ketones is 1. The van der Waals surface area contributed by atoms with Crippen LogP contribution in [0.3, 0.4) is 0 Å². The number of aliphatic hydroxyl groups excluding tert-OH is 1. The molecule has 1 atom stereocenters. The minimum atomic E-state index is -1.11. The zero-order valence-electron chi connectivity index (χ0n) is 16.2. The number of carboxylic acids is 1. The van der Waals surface area contributed by atoms with E-state index in [1.54, 1.807) is 18.2 Å². The molecule has 1 N–H and O–H groups in total. The summed E-state index contributed by atoms with van der Waals surface area (Å²) < 4.78 is 10.5. The van der Waals surface area contributed by atoms with E-state index in [9.17, 15) is 24.6 Å². The van der Waals surface area contributed by atoms with Gasteiger partial charge in [0.25, 0.3) is 5.91 Å². The Bertz CT molecular complexity index is 800. The number of amides is 1. The summed E-state index contributed by atoms with van der Waals surface area (Å²) in [4.78, 5) is 36.6. The lowest BCUT2D eigenvalue weighted by molar-refractivity contribution is -0.305. The second-order valence-electron chi connectivity index (χ2n) is 6.52. The Morgan fingerprint density at radius 2 is 1.82 bits per heavy atom. The summed E-state index contributed by atoms with van der Waals surface area (Å²) in [6.45, 7) is 1.57. The minimum absolute atomic E-state index is 0.0342. The van der Waals surface area contributed by atoms with E-state index in [0.717, 1.165) is 0 Å². The van der Waals surface area contributed by atoms with E-state index < -0.39 is 29.5 Å². The number of carbonyl (C=O) groups is 3. The van der Waals surface area contributed by atoms with Crippen LogP contribution in [0.5, 0.6) is 11.5 Å². The van der Waals surface area contributed by atoms with E-state index in [-0.39, 0.29) is 18.5 Å². The smallest absolute Gasteiger partial charge is 0.290 e. The third kappa shape index (κ3) is 4.44. The number of methoxy groups -OCH3 is 2. The van der Waals surface area contributed by atoms with Crippen LogP contribution in [-0.2, 0) is 14.4 Å². The van der Waals surface area contributed by atoms with Gasteiger partial charge in [-0.1, -0.05) is 12.5 Å². The Hall–Kier alpha value is -3.03. The van der Waals surface area contributed by atoms with Crippen molar-refractivity contribution in [3.8, 4) is 11.5 Å². The molecule has 0 aromatic heterocycles. The van der Waals surface area contributed by atoms with Crippen molar-refractivity contribution in [1.82, 2.24) is 4.90 Å². The second kappa shape index (κ2) is 9.25. The molecule has 1 aliphatic heterocycles. The summed E-state index contributed by atoms with van der Waals surface area (Å²) in [5, 5.41) is 20.8. The first-order valence-corrected chi connectivity index (χ1v) is 8.98. The number of aliphatic carboxylic acids is 1. The van der Waals surface area contributed by atoms with E-state index in [4.69, 9.17) is 9.47 Å². The fourth-order valence-electron chi connectivity index (χ4n) is 3.34. The van der Waals surface area contributed by atoms with Crippen molar-refractivity contribution in [3.63, 3.8) is 0 Å². The summed E-state index contributed by atoms with van der Waals surface area (Å²) in [7, 11) is 2.98. The van der Waals surface area contributed by atoms with Crippen LogP contribution >= 0.6 is 0 Å². The van der Waals surface area contributed by atoms with Crippen molar-refractivity contribution in [2.24, 2.45) is 0 Å². The number of hydrogen-bond donors (Lipinski definition) is 1. The molecular weight excluding hydrogens is 366 g/mol. The van der Waals surface area contributed by atoms with Crippen LogP contribution in [0.4, 0.5) is 0 Å². The van der Waals surface area contributed by atoms with E-state index in [1.165, 1.54) is 26.0 Å². The van der Waals surface area contributed by atoms with Gasteiger partial charge in [0.2, 0.25) is 0 Å². The summed E-state index contributed by atoms with van der Waals surface area (Å²) in [6, 6.07) is 4.31. The quantitative estimate of drug-likeness (QED) is 0.599. The zero-order chi connectivity index (χ0) is 20.8. The first-order valence-electron chi connectivity index (χ1n) is 8.98. The lowest BCUT2D eigenvalue weighted by Crippen LogP contribution is -2.32. The summed E-state index contributed by atoms with van der Waals surface area (Å²) in [5.41, 5.74) is 0.641. The Kier molecular flexibility index (Phi) is 7.03. The number of carbonyl (C=O) groups excluding carboxylic acids is 3. The van der Waals surface area contributed by atoms with E-state index in [1.807, 2.05) is 0 Å². The molecular formula is C20H24NO7-. The van der Waals surface area contributed by atoms with Crippen LogP contribution in [0.2, 0.25) is 0 Å². The highest BCUT2D eigenvalue weighted by atomic mass is 16.5. The zero-order valence-corrected chi connectivity index (χ0v) is 16.2. The molecule has 1 aliphatic rings. The number of Topliss-reactive ketones (excluding diaryl/α,β-unsaturated/α-hetero) is 1. The highest BCUT2D eigenvalue weighted by molar-refractivity contribution is 6.08. The molecule has 0 spiro atoms. The lowest BCUT2D eigenvalue weighted by atomic mass is 9.96. The van der Waals surface area contributed by atoms with Crippen LogP contribution in [0.1, 0.15) is 44.2 Å². The van der Waals surface area contributed by atoms with Gasteiger partial charge in [-0.3, -0.25) is 9.59 Å². The molecule has 2 rings (SSSR count). The molecule has 152 valence electrons. The Morgan fingerprint density at radius 3 is 2.39 bits per heavy atom. The lowest BCUT2D eigenvalue weighted by Gasteiger charge is -2.27. The Labute approximate surface area is 163 Å². The molecule has 1 heterocycles. The van der Waals surface area contributed by atoms with E-state index in [2.05, 4.69) is 0 Å². The molecule has 0 fully saturated rings. The van der Waals surface area contributed by atoms with Crippen LogP contribution < -0.4 is 14.6 Å². The van der Waals surface area contributed by atoms with Gasteiger partial charge >= 0.3 is 0 Å². The fraction of sp³-hybridized carbons (Fsp3) is 0.450. The van der Waals surface area contributed by atoms with Crippen LogP contribution in [0.25, 0.3) is 0 Å². The predicted molar refractivity (Wildman–Crippen MR) is 97.8 cm³/mol. The Morgan fingerprint density at radius 1 is 1.14 bits per heavy atom. The largest absolute Gasteiger partial charge is 0.550 e. The SMILES string of the molecule is COc1ccc([C@@H]2C(C(C)=O)=C(O)C(=O)N2CCCCCC(=O)[O-])cc1OC. The monoisotopic (exact) mass is 390 g/mol. The molecule has 8 heteroatoms. The number of hydrogen-bond acceptors (Lipinski definition) is 7. The predicted octanol–water partition coefficient (Wildman–Crippen LogP) is 1.30. The average molecular weight is 390 g/mol. The standard InChI is InChI=1S/C20H25NO7/c1-12(22)17-18(13-8-9-14(27-2)15(11-13)28-3)21(20(26)19(17)25)10-6-4-5-7-16(23)24/h8-9,11,18,25H,4-7,10H2,1-3H3,(H,23,24)/p-1/t18-/m1/s1. The molecule has 1 amide bonds. The van der Waals surface area contributed by atoms with Crippen molar-refractivity contribution < 1.29 is 34.1 Å². The van der Waals surface area contributed by atoms with Crippen molar-refractivity contribution in [2.75, 3.05) is 20.8 Å². The third-order valence-electron chi connectivity index (χ3n) is 4.69. The maximum Gasteiger partial charge on any atom is 0.290 e. The van der Waals surface area contributed by atoms with Gasteiger partial charge in [-0.25, -0.2) is 0 Å². The number of rotatable bonds is 10. The van der Waals surface area contributed by atoms with Gasteiger partial charge in [-0.2, -0.15) is 0 Å². The highest BCUT2D eigenvalue weighted by Gasteiger charge is 2.42. The number of carboxylic acid groups (broad SMARTS) is 1. The molecule has 8 nitrogen and oxygen atoms in total. The summed E-state index contributed by atoms with van der Waals surface area (Å²) in [5.74, 6) is -1.74. The van der Waals surface area contributed by atoms with Crippen molar-refractivity contribution >= 4 is 17.7 Å². The minimum Gasteiger partial charge on any atom is -0.550 e. The first-order chi connectivity index (χ1) is 13.3. The van der Waals surface area contributed by atoms with Crippen molar-refractivity contribution in [3.05, 3.63) is 35.1 Å². The van der Waals surface area contributed by atoms with Gasteiger partial charge in [0.15, 0.2) is 23.0 Å². The number of nitrogens with zero attached hydrogens (tertiary/aromatic N) is 1. The number of benzene rings is 1. The second-order valence-corrected chi connectivity index (χ2v) is 6.52. The topological polar surface area (TPSA) is 116 Å². The van der Waals surface area contributed by atoms with Crippen molar-refractivity contribution in [2.45, 2.75) is 38.6 Å². The number of unbranched alkanes of at least 4 members (excludes halogenated alkanes) is 2. The summed E-state index contributed by atoms with van der Waals surface area (Å²) >= 11 is 0. The van der Waals surface area contributed by atoms with Gasteiger partial charge in [0, 0.05) is 12.5 Å². The van der Waals surface area contributed by atoms with Gasteiger partial charge in [-0.05, 0) is 43.9 Å².